The van der Waals surface area contributed by atoms with Crippen molar-refractivity contribution in [1.82, 2.24) is 0 Å². The fourth-order valence-corrected chi connectivity index (χ4v) is 1.96. The number of rotatable bonds is 0. The van der Waals surface area contributed by atoms with Gasteiger partial charge in [-0.3, -0.25) is 0 Å². The summed E-state index contributed by atoms with van der Waals surface area (Å²) in [5.41, 5.74) is 0.979. The fourth-order valence-electron chi connectivity index (χ4n) is 1.45. The van der Waals surface area contributed by atoms with Gasteiger partial charge in [0.1, 0.15) is 0 Å². The van der Waals surface area contributed by atoms with Gasteiger partial charge in [-0.05, 0) is 31.3 Å². The molecule has 3 heteroatoms. The van der Waals surface area contributed by atoms with Crippen molar-refractivity contribution in [2.24, 2.45) is 0 Å². The molecule has 0 atom stereocenters. The van der Waals surface area contributed by atoms with Crippen LogP contribution in [0.5, 0.6) is 0 Å². The highest BCUT2D eigenvalue weighted by Crippen LogP contribution is 2.38. The standard InChI is InChI=1S/C9H13Cl3/c10-9(11,12)8-6-4-2-1-3-5-7-8/h6H,1-5,7H2. The lowest BCUT2D eigenvalue weighted by Gasteiger charge is -2.17. The Morgan fingerprint density at radius 1 is 1.00 bits per heavy atom. The van der Waals surface area contributed by atoms with E-state index in [2.05, 4.69) is 6.08 Å². The van der Waals surface area contributed by atoms with Crippen LogP contribution in [0.1, 0.15) is 38.5 Å². The Morgan fingerprint density at radius 3 is 2.33 bits per heavy atom. The zero-order valence-corrected chi connectivity index (χ0v) is 9.22. The molecule has 70 valence electrons. The smallest absolute Gasteiger partial charge is 0.0811 e. The van der Waals surface area contributed by atoms with E-state index < -0.39 is 3.79 Å². The van der Waals surface area contributed by atoms with Gasteiger partial charge in [0.25, 0.3) is 0 Å². The van der Waals surface area contributed by atoms with Crippen molar-refractivity contribution >= 4 is 34.8 Å². The number of hydrogen-bond donors (Lipinski definition) is 0. The van der Waals surface area contributed by atoms with Gasteiger partial charge in [-0.25, -0.2) is 0 Å². The predicted molar refractivity (Wildman–Crippen MR) is 56.1 cm³/mol. The molecule has 0 fully saturated rings. The van der Waals surface area contributed by atoms with Crippen molar-refractivity contribution in [1.29, 1.82) is 0 Å². The van der Waals surface area contributed by atoms with E-state index in [0.717, 1.165) is 24.8 Å². The Labute approximate surface area is 88.9 Å². The average molecular weight is 228 g/mol. The summed E-state index contributed by atoms with van der Waals surface area (Å²) < 4.78 is -1.17. The lowest BCUT2D eigenvalue weighted by Crippen LogP contribution is -2.08. The van der Waals surface area contributed by atoms with Gasteiger partial charge in [0.05, 0.1) is 0 Å². The zero-order valence-electron chi connectivity index (χ0n) is 6.95. The van der Waals surface area contributed by atoms with Crippen molar-refractivity contribution in [3.63, 3.8) is 0 Å². The van der Waals surface area contributed by atoms with E-state index in [1.54, 1.807) is 0 Å². The maximum atomic E-state index is 5.80. The van der Waals surface area contributed by atoms with Crippen LogP contribution in [-0.4, -0.2) is 3.79 Å². The van der Waals surface area contributed by atoms with Crippen molar-refractivity contribution in [3.05, 3.63) is 11.6 Å². The molecule has 0 bridgehead atoms. The predicted octanol–water partition coefficient (Wildman–Crippen LogP) is 4.64. The molecular formula is C9H13Cl3. The van der Waals surface area contributed by atoms with Crippen LogP contribution in [0.25, 0.3) is 0 Å². The van der Waals surface area contributed by atoms with E-state index in [9.17, 15) is 0 Å². The maximum absolute atomic E-state index is 5.80. The van der Waals surface area contributed by atoms with Gasteiger partial charge >= 0.3 is 0 Å². The summed E-state index contributed by atoms with van der Waals surface area (Å²) in [6.07, 6.45) is 9.04. The van der Waals surface area contributed by atoms with Gasteiger partial charge in [-0.1, -0.05) is 53.7 Å². The quantitative estimate of drug-likeness (QED) is 0.418. The molecule has 0 spiro atoms. The fraction of sp³-hybridized carbons (Fsp3) is 0.778. The first-order valence-corrected chi connectivity index (χ1v) is 5.50. The average Bonchev–Trinajstić information content (AvgIpc) is 1.81. The summed E-state index contributed by atoms with van der Waals surface area (Å²) in [6, 6.07) is 0. The topological polar surface area (TPSA) is 0 Å². The van der Waals surface area contributed by atoms with Crippen molar-refractivity contribution in [2.75, 3.05) is 0 Å². The van der Waals surface area contributed by atoms with Crippen LogP contribution in [0.2, 0.25) is 0 Å². The molecule has 12 heavy (non-hydrogen) atoms. The van der Waals surface area contributed by atoms with Crippen LogP contribution in [0, 0.1) is 0 Å². The summed E-state index contributed by atoms with van der Waals surface area (Å²) in [5, 5.41) is 0. The van der Waals surface area contributed by atoms with E-state index >= 15 is 0 Å². The second-order valence-electron chi connectivity index (χ2n) is 3.18. The molecule has 0 aromatic heterocycles. The molecule has 0 aromatic carbocycles. The number of allylic oxidation sites excluding steroid dienone is 2. The Balaban J connectivity index is 2.59. The highest BCUT2D eigenvalue weighted by Gasteiger charge is 2.25. The van der Waals surface area contributed by atoms with E-state index in [4.69, 9.17) is 34.8 Å². The molecule has 0 amide bonds. The SMILES string of the molecule is ClC(Cl)(Cl)C1=CCCCCCC1. The molecule has 0 aliphatic heterocycles. The largest absolute Gasteiger partial charge is 0.212 e. The van der Waals surface area contributed by atoms with Gasteiger partial charge in [0.15, 0.2) is 0 Å². The zero-order chi connectivity index (χ0) is 9.03. The molecular weight excluding hydrogens is 214 g/mol. The third-order valence-corrected chi connectivity index (χ3v) is 2.88. The van der Waals surface area contributed by atoms with Gasteiger partial charge in [0.2, 0.25) is 3.79 Å². The first-order chi connectivity index (χ1) is 5.61. The summed E-state index contributed by atoms with van der Waals surface area (Å²) in [7, 11) is 0. The van der Waals surface area contributed by atoms with Crippen LogP contribution in [-0.2, 0) is 0 Å². The first kappa shape index (κ1) is 10.7. The first-order valence-electron chi connectivity index (χ1n) is 4.37. The van der Waals surface area contributed by atoms with Crippen molar-refractivity contribution in [2.45, 2.75) is 42.3 Å². The Bertz CT molecular complexity index is 167. The summed E-state index contributed by atoms with van der Waals surface area (Å²) >= 11 is 17.4. The molecule has 0 saturated heterocycles. The van der Waals surface area contributed by atoms with Crippen LogP contribution in [0.4, 0.5) is 0 Å². The van der Waals surface area contributed by atoms with E-state index in [1.807, 2.05) is 0 Å². The molecule has 0 radical (unpaired) electrons. The third-order valence-electron chi connectivity index (χ3n) is 2.16. The molecule has 0 heterocycles. The van der Waals surface area contributed by atoms with E-state index in [0.29, 0.717) is 0 Å². The van der Waals surface area contributed by atoms with Crippen molar-refractivity contribution in [3.8, 4) is 0 Å². The molecule has 1 rings (SSSR count). The van der Waals surface area contributed by atoms with E-state index in [-0.39, 0.29) is 0 Å². The maximum Gasteiger partial charge on any atom is 0.212 e. The second-order valence-corrected chi connectivity index (χ2v) is 5.46. The minimum Gasteiger partial charge on any atom is -0.0811 e. The summed E-state index contributed by atoms with van der Waals surface area (Å²) in [5.74, 6) is 0. The van der Waals surface area contributed by atoms with Gasteiger partial charge in [-0.2, -0.15) is 0 Å². The lowest BCUT2D eigenvalue weighted by atomic mass is 10.0. The minimum absolute atomic E-state index is 0.941. The minimum atomic E-state index is -1.17. The summed E-state index contributed by atoms with van der Waals surface area (Å²) in [6.45, 7) is 0. The highest BCUT2D eigenvalue weighted by molar-refractivity contribution is 6.69. The molecule has 1 aliphatic rings. The van der Waals surface area contributed by atoms with Gasteiger partial charge in [-0.15, -0.1) is 0 Å². The molecule has 0 N–H and O–H groups in total. The highest BCUT2D eigenvalue weighted by atomic mass is 35.6. The number of hydrogen-bond acceptors (Lipinski definition) is 0. The van der Waals surface area contributed by atoms with Gasteiger partial charge < -0.3 is 0 Å². The number of alkyl halides is 3. The Hall–Kier alpha value is 0.610. The monoisotopic (exact) mass is 226 g/mol. The molecule has 0 unspecified atom stereocenters. The van der Waals surface area contributed by atoms with Crippen LogP contribution in [0.3, 0.4) is 0 Å². The van der Waals surface area contributed by atoms with Crippen molar-refractivity contribution < 1.29 is 0 Å². The molecule has 0 saturated carbocycles. The van der Waals surface area contributed by atoms with Crippen LogP contribution < -0.4 is 0 Å². The molecule has 1 aliphatic carbocycles. The Kier molecular flexibility index (Phi) is 4.22. The Morgan fingerprint density at radius 2 is 1.67 bits per heavy atom. The van der Waals surface area contributed by atoms with Crippen LogP contribution in [0.15, 0.2) is 11.6 Å². The van der Waals surface area contributed by atoms with Crippen LogP contribution >= 0.6 is 34.8 Å². The number of halogens is 3. The van der Waals surface area contributed by atoms with E-state index in [1.165, 1.54) is 19.3 Å². The molecule has 0 aromatic rings. The van der Waals surface area contributed by atoms with Gasteiger partial charge in [0, 0.05) is 0 Å². The summed E-state index contributed by atoms with van der Waals surface area (Å²) in [4.78, 5) is 0. The molecule has 0 nitrogen and oxygen atoms in total. The normalized spacial score (nSPS) is 21.1. The third kappa shape index (κ3) is 3.55. The second kappa shape index (κ2) is 4.74. The lowest BCUT2D eigenvalue weighted by molar-refractivity contribution is 0.621.